The van der Waals surface area contributed by atoms with Crippen molar-refractivity contribution >= 4 is 12.2 Å². The van der Waals surface area contributed by atoms with E-state index in [4.69, 9.17) is 9.47 Å². The van der Waals surface area contributed by atoms with Crippen molar-refractivity contribution in [2.24, 2.45) is 0 Å². The number of benzene rings is 1. The molecule has 1 N–H and O–H groups in total. The Bertz CT molecular complexity index is 626. The molecular weight excluding hydrogens is 332 g/mol. The van der Waals surface area contributed by atoms with Crippen molar-refractivity contribution in [1.29, 1.82) is 0 Å². The first-order chi connectivity index (χ1) is 12.2. The summed E-state index contributed by atoms with van der Waals surface area (Å²) in [4.78, 5) is 26.4. The molecule has 6 nitrogen and oxygen atoms in total. The van der Waals surface area contributed by atoms with Crippen LogP contribution >= 0.6 is 0 Å². The summed E-state index contributed by atoms with van der Waals surface area (Å²) in [5.41, 5.74) is -0.345. The molecule has 6 heteroatoms. The fraction of sp³-hybridized carbons (Fsp3) is 0.600. The second-order valence-electron chi connectivity index (χ2n) is 7.76. The first-order valence-corrected chi connectivity index (χ1v) is 9.19. The molecule has 1 aromatic rings. The van der Waals surface area contributed by atoms with Crippen molar-refractivity contribution in [3.05, 3.63) is 35.9 Å². The number of hydrogen-bond acceptors (Lipinski definition) is 4. The van der Waals surface area contributed by atoms with E-state index in [1.807, 2.05) is 65.0 Å². The highest BCUT2D eigenvalue weighted by Gasteiger charge is 2.45. The number of ether oxygens (including phenoxy) is 2. The van der Waals surface area contributed by atoms with Crippen LogP contribution in [0.4, 0.5) is 9.59 Å². The van der Waals surface area contributed by atoms with E-state index >= 15 is 0 Å². The number of alkyl carbamates (subject to hydrolysis) is 1. The highest BCUT2D eigenvalue weighted by Crippen LogP contribution is 2.40. The summed E-state index contributed by atoms with van der Waals surface area (Å²) in [5, 5.41) is 2.70. The van der Waals surface area contributed by atoms with Crippen LogP contribution in [0.25, 0.3) is 0 Å². The maximum Gasteiger partial charge on any atom is 0.410 e. The molecule has 1 aliphatic rings. The van der Waals surface area contributed by atoms with Crippen LogP contribution in [0.1, 0.15) is 53.0 Å². The van der Waals surface area contributed by atoms with Gasteiger partial charge in [0.05, 0.1) is 0 Å². The fourth-order valence-corrected chi connectivity index (χ4v) is 3.32. The van der Waals surface area contributed by atoms with Gasteiger partial charge in [-0.05, 0) is 40.2 Å². The second-order valence-corrected chi connectivity index (χ2v) is 7.76. The Morgan fingerprint density at radius 2 is 1.92 bits per heavy atom. The average molecular weight is 362 g/mol. The van der Waals surface area contributed by atoms with Crippen molar-refractivity contribution in [3.8, 4) is 0 Å². The topological polar surface area (TPSA) is 67.9 Å². The van der Waals surface area contributed by atoms with Crippen LogP contribution in [0.15, 0.2) is 30.3 Å². The van der Waals surface area contributed by atoms with Gasteiger partial charge < -0.3 is 19.7 Å². The summed E-state index contributed by atoms with van der Waals surface area (Å²) < 4.78 is 11.4. The maximum absolute atomic E-state index is 12.5. The molecule has 1 aliphatic heterocycles. The SMILES string of the molecule is CCNC(=O)OC1(c2ccccc2)CCN(C(=O)OC(C)(C)C)C(C)C1. The normalized spacial score (nSPS) is 23.3. The van der Waals surface area contributed by atoms with Gasteiger partial charge in [-0.3, -0.25) is 0 Å². The minimum atomic E-state index is -0.752. The zero-order valence-corrected chi connectivity index (χ0v) is 16.4. The largest absolute Gasteiger partial charge is 0.444 e. The number of nitrogens with zero attached hydrogens (tertiary/aromatic N) is 1. The van der Waals surface area contributed by atoms with Crippen LogP contribution in [-0.2, 0) is 15.1 Å². The van der Waals surface area contributed by atoms with Gasteiger partial charge in [0.15, 0.2) is 0 Å². The van der Waals surface area contributed by atoms with Gasteiger partial charge in [-0.15, -0.1) is 0 Å². The molecule has 0 spiro atoms. The standard InChI is InChI=1S/C20H30N2O4/c1-6-21-17(23)25-20(16-10-8-7-9-11-16)12-13-22(15(2)14-20)18(24)26-19(3,4)5/h7-11,15H,6,12-14H2,1-5H3,(H,21,23). The third kappa shape index (κ3) is 4.90. The first kappa shape index (κ1) is 20.1. The molecule has 1 heterocycles. The lowest BCUT2D eigenvalue weighted by Crippen LogP contribution is -2.53. The Hall–Kier alpha value is -2.24. The number of piperidine rings is 1. The molecular formula is C20H30N2O4. The molecule has 1 fully saturated rings. The number of hydrogen-bond donors (Lipinski definition) is 1. The van der Waals surface area contributed by atoms with Crippen LogP contribution in [0, 0.1) is 0 Å². The van der Waals surface area contributed by atoms with Crippen LogP contribution in [-0.4, -0.2) is 41.8 Å². The van der Waals surface area contributed by atoms with E-state index in [1.165, 1.54) is 0 Å². The van der Waals surface area contributed by atoms with E-state index in [9.17, 15) is 9.59 Å². The molecule has 2 amide bonds. The number of likely N-dealkylation sites (tertiary alicyclic amines) is 1. The number of carbonyl (C=O) groups excluding carboxylic acids is 2. The Balaban J connectivity index is 2.21. The minimum Gasteiger partial charge on any atom is -0.444 e. The number of carbonyl (C=O) groups is 2. The lowest BCUT2D eigenvalue weighted by atomic mass is 9.81. The monoisotopic (exact) mass is 362 g/mol. The summed E-state index contributed by atoms with van der Waals surface area (Å²) >= 11 is 0. The molecule has 26 heavy (non-hydrogen) atoms. The molecule has 0 bridgehead atoms. The van der Waals surface area contributed by atoms with Gasteiger partial charge in [-0.2, -0.15) is 0 Å². The quantitative estimate of drug-likeness (QED) is 0.881. The lowest BCUT2D eigenvalue weighted by molar-refractivity contribution is -0.0623. The summed E-state index contributed by atoms with van der Waals surface area (Å²) in [6, 6.07) is 9.62. The average Bonchev–Trinajstić information content (AvgIpc) is 2.54. The van der Waals surface area contributed by atoms with E-state index in [2.05, 4.69) is 5.32 Å². The van der Waals surface area contributed by atoms with E-state index in [0.717, 1.165) is 5.56 Å². The highest BCUT2D eigenvalue weighted by atomic mass is 16.6. The van der Waals surface area contributed by atoms with E-state index in [0.29, 0.717) is 25.9 Å². The summed E-state index contributed by atoms with van der Waals surface area (Å²) in [6.45, 7) is 10.3. The molecule has 2 unspecified atom stereocenters. The number of rotatable bonds is 3. The van der Waals surface area contributed by atoms with Gasteiger partial charge in [-0.1, -0.05) is 30.3 Å². The zero-order valence-electron chi connectivity index (χ0n) is 16.4. The van der Waals surface area contributed by atoms with Gasteiger partial charge in [-0.25, -0.2) is 9.59 Å². The number of amides is 2. The molecule has 1 aromatic carbocycles. The third-order valence-electron chi connectivity index (χ3n) is 4.45. The first-order valence-electron chi connectivity index (χ1n) is 9.19. The van der Waals surface area contributed by atoms with Crippen molar-refractivity contribution in [2.45, 2.75) is 64.7 Å². The lowest BCUT2D eigenvalue weighted by Gasteiger charge is -2.45. The van der Waals surface area contributed by atoms with Crippen molar-refractivity contribution in [1.82, 2.24) is 10.2 Å². The second kappa shape index (κ2) is 7.98. The summed E-state index contributed by atoms with van der Waals surface area (Å²) in [5.74, 6) is 0. The molecule has 0 aliphatic carbocycles. The fourth-order valence-electron chi connectivity index (χ4n) is 3.32. The molecule has 1 saturated heterocycles. The Morgan fingerprint density at radius 3 is 2.46 bits per heavy atom. The maximum atomic E-state index is 12.5. The Labute approximate surface area is 155 Å². The van der Waals surface area contributed by atoms with Crippen LogP contribution in [0.5, 0.6) is 0 Å². The van der Waals surface area contributed by atoms with E-state index in [-0.39, 0.29) is 12.1 Å². The predicted octanol–water partition coefficient (Wildman–Crippen LogP) is 4.05. The molecule has 144 valence electrons. The van der Waals surface area contributed by atoms with Gasteiger partial charge in [0.25, 0.3) is 0 Å². The molecule has 2 atom stereocenters. The van der Waals surface area contributed by atoms with Crippen molar-refractivity contribution in [3.63, 3.8) is 0 Å². The van der Waals surface area contributed by atoms with Crippen LogP contribution in [0.3, 0.4) is 0 Å². The Kier molecular flexibility index (Phi) is 6.16. The summed E-state index contributed by atoms with van der Waals surface area (Å²) in [7, 11) is 0. The van der Waals surface area contributed by atoms with Crippen LogP contribution < -0.4 is 5.32 Å². The minimum absolute atomic E-state index is 0.117. The van der Waals surface area contributed by atoms with E-state index < -0.39 is 17.3 Å². The van der Waals surface area contributed by atoms with Gasteiger partial charge >= 0.3 is 12.2 Å². The number of nitrogens with one attached hydrogen (secondary N) is 1. The summed E-state index contributed by atoms with van der Waals surface area (Å²) in [6.07, 6.45) is 0.282. The van der Waals surface area contributed by atoms with Crippen LogP contribution in [0.2, 0.25) is 0 Å². The Morgan fingerprint density at radius 1 is 1.27 bits per heavy atom. The van der Waals surface area contributed by atoms with Gasteiger partial charge in [0.1, 0.15) is 11.2 Å². The molecule has 0 radical (unpaired) electrons. The third-order valence-corrected chi connectivity index (χ3v) is 4.45. The molecule has 2 rings (SSSR count). The van der Waals surface area contributed by atoms with E-state index in [1.54, 1.807) is 4.90 Å². The molecule has 0 saturated carbocycles. The van der Waals surface area contributed by atoms with Crippen molar-refractivity contribution in [2.75, 3.05) is 13.1 Å². The smallest absolute Gasteiger partial charge is 0.410 e. The van der Waals surface area contributed by atoms with Crippen molar-refractivity contribution < 1.29 is 19.1 Å². The zero-order chi connectivity index (χ0) is 19.4. The highest BCUT2D eigenvalue weighted by molar-refractivity contribution is 5.69. The molecule has 0 aromatic heterocycles. The predicted molar refractivity (Wildman–Crippen MR) is 99.9 cm³/mol. The van der Waals surface area contributed by atoms with Gasteiger partial charge in [0.2, 0.25) is 0 Å². The van der Waals surface area contributed by atoms with Gasteiger partial charge in [0, 0.05) is 32.0 Å².